The Bertz CT molecular complexity index is 1310. The number of fused-ring (bicyclic) bond motifs is 2. The number of ether oxygens (including phenoxy) is 1. The molecule has 6 unspecified atom stereocenters. The Balaban J connectivity index is 1.53. The van der Waals surface area contributed by atoms with Crippen LogP contribution >= 0.6 is 11.6 Å². The van der Waals surface area contributed by atoms with Crippen LogP contribution in [0.4, 0.5) is 5.69 Å². The number of allylic oxidation sites excluding steroid dienone is 2. The molecule has 1 N–H and O–H groups in total. The van der Waals surface area contributed by atoms with Crippen molar-refractivity contribution in [3.05, 3.63) is 70.3 Å². The summed E-state index contributed by atoms with van der Waals surface area (Å²) < 4.78 is 22.3. The first-order valence-electron chi connectivity index (χ1n) is 15.0. The summed E-state index contributed by atoms with van der Waals surface area (Å²) in [5.41, 5.74) is 3.84. The lowest BCUT2D eigenvalue weighted by Crippen LogP contribution is -2.42. The van der Waals surface area contributed by atoms with Gasteiger partial charge in [0.2, 0.25) is 0 Å². The smallest absolute Gasteiger partial charge is 0.263 e. The fourth-order valence-electron chi connectivity index (χ4n) is 6.59. The molecule has 2 aliphatic heterocycles. The third-order valence-corrected chi connectivity index (χ3v) is 10.9. The highest BCUT2D eigenvalue weighted by Crippen LogP contribution is 2.44. The van der Waals surface area contributed by atoms with Crippen molar-refractivity contribution in [1.82, 2.24) is 4.72 Å². The average molecular weight is 597 g/mol. The van der Waals surface area contributed by atoms with Crippen LogP contribution in [-0.2, 0) is 22.2 Å². The normalized spacial score (nSPS) is 29.2. The molecule has 1 fully saturated rings. The first-order valence-corrected chi connectivity index (χ1v) is 16.6. The second-order valence-electron chi connectivity index (χ2n) is 11.7. The van der Waals surface area contributed by atoms with Gasteiger partial charge in [-0.15, -0.1) is 0 Å². The molecule has 0 spiro atoms. The van der Waals surface area contributed by atoms with Crippen molar-refractivity contribution in [2.75, 3.05) is 24.6 Å². The van der Waals surface area contributed by atoms with Crippen molar-refractivity contribution >= 4 is 40.5 Å². The van der Waals surface area contributed by atoms with Crippen LogP contribution in [0.5, 0.6) is 5.75 Å². The average Bonchev–Trinajstić information content (AvgIpc) is 3.13. The molecule has 2 bridgehead atoms. The minimum atomic E-state index is -1.50. The molecule has 1 aliphatic carbocycles. The van der Waals surface area contributed by atoms with E-state index in [1.807, 2.05) is 25.1 Å². The Labute approximate surface area is 251 Å². The van der Waals surface area contributed by atoms with Crippen LogP contribution in [-0.4, -0.2) is 41.3 Å². The summed E-state index contributed by atoms with van der Waals surface area (Å²) in [5.74, 6) is 1.05. The second kappa shape index (κ2) is 13.6. The Kier molecular flexibility index (Phi) is 9.87. The van der Waals surface area contributed by atoms with Crippen LogP contribution in [0.15, 0.2) is 48.6 Å². The van der Waals surface area contributed by atoms with Crippen LogP contribution in [0.1, 0.15) is 79.8 Å². The molecule has 0 aromatic heterocycles. The van der Waals surface area contributed by atoms with E-state index in [1.165, 1.54) is 11.1 Å². The van der Waals surface area contributed by atoms with Crippen molar-refractivity contribution < 1.29 is 18.5 Å². The van der Waals surface area contributed by atoms with Gasteiger partial charge in [0.05, 0.1) is 17.5 Å². The third-order valence-electron chi connectivity index (χ3n) is 9.05. The van der Waals surface area contributed by atoms with Gasteiger partial charge in [-0.3, -0.25) is 9.52 Å². The van der Waals surface area contributed by atoms with Crippen LogP contribution in [0.2, 0.25) is 5.02 Å². The summed E-state index contributed by atoms with van der Waals surface area (Å²) in [7, 11) is -1.50. The zero-order valence-electron chi connectivity index (χ0n) is 24.0. The number of aryl methyl sites for hydroxylation is 1. The highest BCUT2D eigenvalue weighted by molar-refractivity contribution is 7.84. The van der Waals surface area contributed by atoms with Crippen molar-refractivity contribution in [3.8, 4) is 5.75 Å². The predicted molar refractivity (Wildman–Crippen MR) is 166 cm³/mol. The Morgan fingerprint density at radius 2 is 1.98 bits per heavy atom. The molecule has 5 rings (SSSR count). The van der Waals surface area contributed by atoms with Gasteiger partial charge in [-0.25, -0.2) is 4.21 Å². The lowest BCUT2D eigenvalue weighted by atomic mass is 9.67. The molecule has 6 atom stereocenters. The van der Waals surface area contributed by atoms with E-state index in [0.717, 1.165) is 67.9 Å². The Morgan fingerprint density at radius 3 is 2.71 bits per heavy atom. The maximum absolute atomic E-state index is 13.3. The monoisotopic (exact) mass is 596 g/mol. The summed E-state index contributed by atoms with van der Waals surface area (Å²) in [6, 6.07) is 11.7. The lowest BCUT2D eigenvalue weighted by molar-refractivity contribution is -0.112. The number of aldehydes is 1. The third kappa shape index (κ3) is 6.72. The number of carbonyl (C=O) groups is 2. The summed E-state index contributed by atoms with van der Waals surface area (Å²) in [5, 5.41) is 0.587. The van der Waals surface area contributed by atoms with Gasteiger partial charge in [-0.1, -0.05) is 50.1 Å². The number of hydrogen-bond donors (Lipinski definition) is 1. The van der Waals surface area contributed by atoms with Crippen molar-refractivity contribution in [2.45, 2.75) is 70.0 Å². The Morgan fingerprint density at radius 1 is 1.12 bits per heavy atom. The molecule has 2 aromatic rings. The van der Waals surface area contributed by atoms with Gasteiger partial charge in [-0.2, -0.15) is 0 Å². The number of rotatable bonds is 5. The molecule has 8 heteroatoms. The van der Waals surface area contributed by atoms with E-state index in [9.17, 15) is 13.8 Å². The lowest BCUT2D eigenvalue weighted by Gasteiger charge is -2.43. The van der Waals surface area contributed by atoms with Gasteiger partial charge in [-0.05, 0) is 91.8 Å². The van der Waals surface area contributed by atoms with E-state index < -0.39 is 11.0 Å². The summed E-state index contributed by atoms with van der Waals surface area (Å²) in [6.07, 6.45) is 11.4. The molecule has 220 valence electrons. The van der Waals surface area contributed by atoms with Gasteiger partial charge in [0.25, 0.3) is 5.91 Å². The van der Waals surface area contributed by atoms with E-state index >= 15 is 0 Å². The van der Waals surface area contributed by atoms with Gasteiger partial charge in [0, 0.05) is 35.5 Å². The van der Waals surface area contributed by atoms with Crippen molar-refractivity contribution in [2.24, 2.45) is 17.8 Å². The predicted octanol–water partition coefficient (Wildman–Crippen LogP) is 6.64. The highest BCUT2D eigenvalue weighted by atomic mass is 35.5. The molecule has 2 aromatic carbocycles. The van der Waals surface area contributed by atoms with Gasteiger partial charge >= 0.3 is 0 Å². The molecule has 0 radical (unpaired) electrons. The molecule has 41 heavy (non-hydrogen) atoms. The maximum Gasteiger partial charge on any atom is 0.263 e. The van der Waals surface area contributed by atoms with E-state index in [0.29, 0.717) is 30.9 Å². The molecule has 1 amide bonds. The van der Waals surface area contributed by atoms with Gasteiger partial charge in [0.1, 0.15) is 23.0 Å². The topological polar surface area (TPSA) is 75.7 Å². The summed E-state index contributed by atoms with van der Waals surface area (Å²) in [6.45, 7) is 6.19. The molecular formula is C33H41ClN2O4S. The number of hydrogen-bond acceptors (Lipinski definition) is 5. The molecule has 2 heterocycles. The van der Waals surface area contributed by atoms with Crippen molar-refractivity contribution in [3.63, 3.8) is 0 Å². The minimum Gasteiger partial charge on any atom is -0.491 e. The van der Waals surface area contributed by atoms with Crippen LogP contribution in [0.25, 0.3) is 0 Å². The van der Waals surface area contributed by atoms with Crippen molar-refractivity contribution in [1.29, 1.82) is 0 Å². The van der Waals surface area contributed by atoms with E-state index in [4.69, 9.17) is 16.3 Å². The number of nitrogens with one attached hydrogen (secondary N) is 1. The van der Waals surface area contributed by atoms with Crippen LogP contribution in [0.3, 0.4) is 0 Å². The largest absolute Gasteiger partial charge is 0.491 e. The van der Waals surface area contributed by atoms with E-state index in [-0.39, 0.29) is 28.9 Å². The molecule has 6 nitrogen and oxygen atoms in total. The zero-order chi connectivity index (χ0) is 28.9. The molecule has 1 saturated carbocycles. The molecule has 3 aliphatic rings. The standard InChI is InChI=1S/C33H41ClN2O4S/c1-3-7-22-16-27(34)12-14-29(22)26-19-36-18-24-10-13-30(24)25(20-37)8-5-6-9-28(4-2)41(39)35-33(38)23-11-15-32(40-21-26)31(36)17-23/h5,8,11-12,14-17,20,24-26,28,30H,3-4,6-7,9-10,13,18-19,21H2,1-2H3,(H,35,38)/b8-5+. The number of nitrogens with zero attached hydrogens (tertiary/aromatic N) is 1. The SMILES string of the molecule is CCCc1cc(Cl)ccc1C1COc2ccc3cc2N(C1)CC1CCC1C(C=O)/C=C/CCC(CC)S(=O)NC3=O. The van der Waals surface area contributed by atoms with E-state index in [1.54, 1.807) is 6.07 Å². The molecule has 0 saturated heterocycles. The minimum absolute atomic E-state index is 0.113. The molecular weight excluding hydrogens is 556 g/mol. The second-order valence-corrected chi connectivity index (χ2v) is 13.6. The van der Waals surface area contributed by atoms with Gasteiger partial charge in [0.15, 0.2) is 0 Å². The zero-order valence-corrected chi connectivity index (χ0v) is 25.6. The fraction of sp³-hybridized carbons (Fsp3) is 0.515. The first-order chi connectivity index (χ1) is 19.9. The van der Waals surface area contributed by atoms with E-state index in [2.05, 4.69) is 40.8 Å². The quantitative estimate of drug-likeness (QED) is 0.309. The Hall–Kier alpha value is -2.64. The maximum atomic E-state index is 13.3. The number of benzene rings is 2. The number of halogens is 1. The van der Waals surface area contributed by atoms with Crippen LogP contribution in [0, 0.1) is 17.8 Å². The van der Waals surface area contributed by atoms with Gasteiger partial charge < -0.3 is 14.4 Å². The number of amides is 1. The van der Waals surface area contributed by atoms with Crippen LogP contribution < -0.4 is 14.4 Å². The highest BCUT2D eigenvalue weighted by Gasteiger charge is 2.38. The number of anilines is 1. The summed E-state index contributed by atoms with van der Waals surface area (Å²) in [4.78, 5) is 27.8. The first kappa shape index (κ1) is 29.8. The summed E-state index contributed by atoms with van der Waals surface area (Å²) >= 11 is 6.39. The fourth-order valence-corrected chi connectivity index (χ4v) is 7.90. The number of carbonyl (C=O) groups excluding carboxylic acids is 2.